The van der Waals surface area contributed by atoms with Crippen LogP contribution < -0.4 is 5.32 Å². The van der Waals surface area contributed by atoms with Gasteiger partial charge in [-0.25, -0.2) is 18.7 Å². The van der Waals surface area contributed by atoms with Crippen LogP contribution in [-0.2, 0) is 5.92 Å². The molecule has 4 rings (SSSR count). The fraction of sp³-hybridized carbons (Fsp3) is 0.0556. The maximum Gasteiger partial charge on any atom is 0.331 e. The van der Waals surface area contributed by atoms with E-state index in [1.807, 2.05) is 0 Å². The molecule has 0 spiro atoms. The molecule has 0 aliphatic carbocycles. The molecule has 4 aromatic rings. The fourth-order valence-corrected chi connectivity index (χ4v) is 2.58. The summed E-state index contributed by atoms with van der Waals surface area (Å²) in [7, 11) is 0. The number of alkyl halides is 2. The van der Waals surface area contributed by atoms with Crippen LogP contribution in [-0.4, -0.2) is 20.2 Å². The number of rotatable bonds is 4. The van der Waals surface area contributed by atoms with Gasteiger partial charge in [-0.3, -0.25) is 5.10 Å². The number of halogens is 4. The maximum atomic E-state index is 14.9. The van der Waals surface area contributed by atoms with Crippen molar-refractivity contribution in [1.29, 1.82) is 0 Å². The van der Waals surface area contributed by atoms with Gasteiger partial charge in [-0.1, -0.05) is 0 Å². The van der Waals surface area contributed by atoms with E-state index in [1.54, 1.807) is 6.07 Å². The third-order valence-electron chi connectivity index (χ3n) is 3.90. The minimum atomic E-state index is -3.61. The van der Waals surface area contributed by atoms with Crippen LogP contribution in [0, 0.1) is 11.6 Å². The van der Waals surface area contributed by atoms with E-state index in [0.717, 1.165) is 30.3 Å². The molecular formula is C18H11F4N5. The predicted octanol–water partition coefficient (Wildman–Crippen LogP) is 4.51. The Hall–Kier alpha value is -3.49. The molecule has 0 saturated carbocycles. The molecule has 27 heavy (non-hydrogen) atoms. The molecule has 0 unspecified atom stereocenters. The van der Waals surface area contributed by atoms with Crippen molar-refractivity contribution >= 4 is 22.5 Å². The summed E-state index contributed by atoms with van der Waals surface area (Å²) in [5, 5.41) is 9.58. The van der Waals surface area contributed by atoms with E-state index in [9.17, 15) is 17.6 Å². The smallest absolute Gasteiger partial charge is 0.325 e. The van der Waals surface area contributed by atoms with Gasteiger partial charge >= 0.3 is 5.92 Å². The van der Waals surface area contributed by atoms with Crippen molar-refractivity contribution in [2.24, 2.45) is 0 Å². The van der Waals surface area contributed by atoms with Crippen molar-refractivity contribution < 1.29 is 17.6 Å². The number of aromatic amines is 1. The molecule has 0 aliphatic rings. The summed E-state index contributed by atoms with van der Waals surface area (Å²) in [6, 6.07) is 8.95. The average Bonchev–Trinajstić information content (AvgIpc) is 3.14. The lowest BCUT2D eigenvalue weighted by Crippen LogP contribution is -2.20. The molecule has 2 aromatic heterocycles. The Bertz CT molecular complexity index is 1090. The van der Waals surface area contributed by atoms with Crippen molar-refractivity contribution in [2.45, 2.75) is 5.92 Å². The summed E-state index contributed by atoms with van der Waals surface area (Å²) < 4.78 is 56.5. The van der Waals surface area contributed by atoms with Crippen molar-refractivity contribution in [3.8, 4) is 0 Å². The molecule has 2 heterocycles. The van der Waals surface area contributed by atoms with Crippen LogP contribution in [0.4, 0.5) is 29.2 Å². The Morgan fingerprint density at radius 3 is 2.33 bits per heavy atom. The third kappa shape index (κ3) is 3.19. The number of anilines is 2. The van der Waals surface area contributed by atoms with E-state index >= 15 is 0 Å². The van der Waals surface area contributed by atoms with Crippen LogP contribution in [0.5, 0.6) is 0 Å². The summed E-state index contributed by atoms with van der Waals surface area (Å²) in [5.41, 5.74) is -0.476. The molecule has 0 saturated heterocycles. The SMILES string of the molecule is Fc1ccc(C(F)(F)c2nc(Nc3ccn[nH]3)c3ccc(F)cc3n2)cc1. The number of hydrogen-bond donors (Lipinski definition) is 2. The lowest BCUT2D eigenvalue weighted by atomic mass is 10.1. The molecule has 0 amide bonds. The Balaban J connectivity index is 1.88. The molecular weight excluding hydrogens is 362 g/mol. The van der Waals surface area contributed by atoms with Crippen molar-refractivity contribution in [1.82, 2.24) is 20.2 Å². The zero-order chi connectivity index (χ0) is 19.0. The van der Waals surface area contributed by atoms with Gasteiger partial charge in [0.2, 0.25) is 5.82 Å². The summed E-state index contributed by atoms with van der Waals surface area (Å²) in [6.45, 7) is 0. The second-order valence-electron chi connectivity index (χ2n) is 5.73. The Labute approximate surface area is 150 Å². The number of nitrogens with zero attached hydrogens (tertiary/aromatic N) is 3. The molecule has 0 atom stereocenters. The lowest BCUT2D eigenvalue weighted by molar-refractivity contribution is 0.0333. The van der Waals surface area contributed by atoms with Crippen LogP contribution in [0.1, 0.15) is 11.4 Å². The Morgan fingerprint density at radius 1 is 0.889 bits per heavy atom. The van der Waals surface area contributed by atoms with Crippen LogP contribution in [0.25, 0.3) is 10.9 Å². The molecule has 0 fully saturated rings. The van der Waals surface area contributed by atoms with E-state index in [2.05, 4.69) is 25.5 Å². The van der Waals surface area contributed by atoms with Gasteiger partial charge in [0.05, 0.1) is 11.7 Å². The molecule has 2 N–H and O–H groups in total. The van der Waals surface area contributed by atoms with Gasteiger partial charge in [0.15, 0.2) is 0 Å². The fourth-order valence-electron chi connectivity index (χ4n) is 2.58. The monoisotopic (exact) mass is 373 g/mol. The predicted molar refractivity (Wildman–Crippen MR) is 90.8 cm³/mol. The van der Waals surface area contributed by atoms with E-state index in [-0.39, 0.29) is 11.3 Å². The molecule has 5 nitrogen and oxygen atoms in total. The van der Waals surface area contributed by atoms with E-state index < -0.39 is 28.9 Å². The topological polar surface area (TPSA) is 66.5 Å². The summed E-state index contributed by atoms with van der Waals surface area (Å²) in [4.78, 5) is 7.78. The zero-order valence-electron chi connectivity index (χ0n) is 13.5. The summed E-state index contributed by atoms with van der Waals surface area (Å²) in [6.07, 6.45) is 1.47. The molecule has 0 aliphatic heterocycles. The molecule has 9 heteroatoms. The number of fused-ring (bicyclic) bond motifs is 1. The first-order chi connectivity index (χ1) is 12.9. The first-order valence-electron chi connectivity index (χ1n) is 7.81. The minimum Gasteiger partial charge on any atom is -0.325 e. The molecule has 0 bridgehead atoms. The van der Waals surface area contributed by atoms with Gasteiger partial charge in [0.1, 0.15) is 23.3 Å². The molecule has 0 radical (unpaired) electrons. The summed E-state index contributed by atoms with van der Waals surface area (Å²) in [5.74, 6) is -5.24. The van der Waals surface area contributed by atoms with E-state index in [0.29, 0.717) is 11.2 Å². The third-order valence-corrected chi connectivity index (χ3v) is 3.90. The highest BCUT2D eigenvalue weighted by atomic mass is 19.3. The molecule has 2 aromatic carbocycles. The maximum absolute atomic E-state index is 14.9. The highest BCUT2D eigenvalue weighted by molar-refractivity contribution is 5.90. The second kappa shape index (κ2) is 6.35. The van der Waals surface area contributed by atoms with Crippen LogP contribution in [0.3, 0.4) is 0 Å². The minimum absolute atomic E-state index is 0.00352. The number of aromatic nitrogens is 4. The van der Waals surface area contributed by atoms with Gasteiger partial charge < -0.3 is 5.32 Å². The number of benzene rings is 2. The number of H-pyrrole nitrogens is 1. The first-order valence-corrected chi connectivity index (χ1v) is 7.81. The highest BCUT2D eigenvalue weighted by Crippen LogP contribution is 2.36. The van der Waals surface area contributed by atoms with Gasteiger partial charge in [-0.2, -0.15) is 13.9 Å². The van der Waals surface area contributed by atoms with Crippen molar-refractivity contribution in [2.75, 3.05) is 5.32 Å². The quantitative estimate of drug-likeness (QED) is 0.517. The van der Waals surface area contributed by atoms with Gasteiger partial charge in [-0.15, -0.1) is 0 Å². The zero-order valence-corrected chi connectivity index (χ0v) is 13.5. The highest BCUT2D eigenvalue weighted by Gasteiger charge is 2.38. The van der Waals surface area contributed by atoms with Crippen LogP contribution in [0.15, 0.2) is 54.7 Å². The van der Waals surface area contributed by atoms with Crippen LogP contribution in [0.2, 0.25) is 0 Å². The second-order valence-corrected chi connectivity index (χ2v) is 5.73. The average molecular weight is 373 g/mol. The van der Waals surface area contributed by atoms with Crippen LogP contribution >= 0.6 is 0 Å². The number of nitrogens with one attached hydrogen (secondary N) is 2. The standard InChI is InChI=1S/C18H11F4N5/c19-11-3-1-10(2-4-11)18(21,22)17-24-14-9-12(20)5-6-13(14)16(26-17)25-15-7-8-23-27-15/h1-9H,(H2,23,24,25,26,27). The first kappa shape index (κ1) is 17.0. The van der Waals surface area contributed by atoms with Gasteiger partial charge in [-0.05, 0) is 36.4 Å². The van der Waals surface area contributed by atoms with Gasteiger partial charge in [0.25, 0.3) is 0 Å². The van der Waals surface area contributed by atoms with Gasteiger partial charge in [0, 0.05) is 23.1 Å². The Morgan fingerprint density at radius 2 is 1.63 bits per heavy atom. The normalized spacial score (nSPS) is 11.7. The Kier molecular flexibility index (Phi) is 3.98. The number of hydrogen-bond acceptors (Lipinski definition) is 4. The van der Waals surface area contributed by atoms with Crippen molar-refractivity contribution in [3.63, 3.8) is 0 Å². The van der Waals surface area contributed by atoms with Crippen molar-refractivity contribution in [3.05, 3.63) is 77.8 Å². The lowest BCUT2D eigenvalue weighted by Gasteiger charge is -2.17. The molecule has 136 valence electrons. The van der Waals surface area contributed by atoms with E-state index in [1.165, 1.54) is 18.3 Å². The summed E-state index contributed by atoms with van der Waals surface area (Å²) >= 11 is 0. The van der Waals surface area contributed by atoms with E-state index in [4.69, 9.17) is 0 Å². The largest absolute Gasteiger partial charge is 0.331 e.